The van der Waals surface area contributed by atoms with E-state index >= 15 is 0 Å². The number of benzene rings is 2. The third-order valence-electron chi connectivity index (χ3n) is 5.70. The van der Waals surface area contributed by atoms with E-state index in [9.17, 15) is 14.0 Å². The molecule has 0 spiro atoms. The molecule has 0 bridgehead atoms. The van der Waals surface area contributed by atoms with Crippen LogP contribution in [0.1, 0.15) is 51.3 Å². The van der Waals surface area contributed by atoms with Crippen LogP contribution in [-0.4, -0.2) is 49.1 Å². The van der Waals surface area contributed by atoms with E-state index in [1.807, 2.05) is 23.6 Å². The quantitative estimate of drug-likeness (QED) is 0.189. The Morgan fingerprint density at radius 2 is 1.83 bits per heavy atom. The summed E-state index contributed by atoms with van der Waals surface area (Å²) in [5.41, 5.74) is 5.75. The standard InChI is InChI=1S/C27H32FN5O2S/c1-4-33(5-2)14-13-29-16-21-7-6-8-22(15-21)25(34)31-27-24(19(3)18-36-27)26(35)32-30-17-20-9-11-23(28)12-10-20/h6-12,15,17-18,29H,4-5,13-14,16H2,1-3H3,(H,31,34)(H,32,35)/b30-17+. The SMILES string of the molecule is CCN(CC)CCNCc1cccc(C(=O)Nc2scc(C)c2C(=O)N/N=C/c2ccc(F)cc2)c1. The Morgan fingerprint density at radius 3 is 2.56 bits per heavy atom. The lowest BCUT2D eigenvalue weighted by Gasteiger charge is -2.18. The van der Waals surface area contributed by atoms with Crippen LogP contribution in [0.15, 0.2) is 59.0 Å². The second-order valence-corrected chi connectivity index (χ2v) is 9.11. The number of aryl methyl sites for hydroxylation is 1. The molecule has 2 amide bonds. The number of nitrogens with one attached hydrogen (secondary N) is 3. The van der Waals surface area contributed by atoms with Crippen molar-refractivity contribution in [1.82, 2.24) is 15.6 Å². The number of amides is 2. The molecule has 0 unspecified atom stereocenters. The van der Waals surface area contributed by atoms with Crippen molar-refractivity contribution in [2.75, 3.05) is 31.5 Å². The molecule has 0 fully saturated rings. The largest absolute Gasteiger partial charge is 0.313 e. The van der Waals surface area contributed by atoms with Crippen molar-refractivity contribution in [3.8, 4) is 0 Å². The molecular weight excluding hydrogens is 477 g/mol. The van der Waals surface area contributed by atoms with Crippen molar-refractivity contribution in [1.29, 1.82) is 0 Å². The van der Waals surface area contributed by atoms with Gasteiger partial charge in [0.15, 0.2) is 0 Å². The van der Waals surface area contributed by atoms with E-state index in [-0.39, 0.29) is 11.7 Å². The number of rotatable bonds is 12. The fourth-order valence-electron chi connectivity index (χ4n) is 3.60. The first-order chi connectivity index (χ1) is 17.4. The minimum atomic E-state index is -0.437. The first kappa shape index (κ1) is 27.2. The molecule has 0 aliphatic carbocycles. The van der Waals surface area contributed by atoms with Gasteiger partial charge in [0.2, 0.25) is 0 Å². The van der Waals surface area contributed by atoms with Crippen molar-refractivity contribution in [2.45, 2.75) is 27.3 Å². The van der Waals surface area contributed by atoms with E-state index in [0.717, 1.165) is 37.3 Å². The summed E-state index contributed by atoms with van der Waals surface area (Å²) >= 11 is 1.28. The third kappa shape index (κ3) is 7.81. The van der Waals surface area contributed by atoms with Gasteiger partial charge in [-0.2, -0.15) is 5.10 Å². The van der Waals surface area contributed by atoms with Crippen molar-refractivity contribution in [3.05, 3.63) is 87.5 Å². The molecule has 1 aromatic heterocycles. The van der Waals surface area contributed by atoms with Crippen LogP contribution in [0.25, 0.3) is 0 Å². The average molecular weight is 510 g/mol. The summed E-state index contributed by atoms with van der Waals surface area (Å²) in [7, 11) is 0. The lowest BCUT2D eigenvalue weighted by molar-refractivity contribution is 0.0956. The number of hydrazone groups is 1. The molecule has 9 heteroatoms. The van der Waals surface area contributed by atoms with Gasteiger partial charge in [0.05, 0.1) is 11.8 Å². The van der Waals surface area contributed by atoms with Crippen LogP contribution >= 0.6 is 11.3 Å². The first-order valence-corrected chi connectivity index (χ1v) is 12.8. The van der Waals surface area contributed by atoms with E-state index in [1.165, 1.54) is 29.7 Å². The zero-order valence-corrected chi connectivity index (χ0v) is 21.6. The number of anilines is 1. The van der Waals surface area contributed by atoms with Crippen LogP contribution in [0.2, 0.25) is 0 Å². The molecule has 190 valence electrons. The number of carbonyl (C=O) groups excluding carboxylic acids is 2. The molecule has 0 saturated heterocycles. The highest BCUT2D eigenvalue weighted by molar-refractivity contribution is 7.15. The molecule has 0 aliphatic heterocycles. The molecule has 3 rings (SSSR count). The fourth-order valence-corrected chi connectivity index (χ4v) is 4.53. The Hall–Kier alpha value is -3.40. The third-order valence-corrected chi connectivity index (χ3v) is 6.71. The van der Waals surface area contributed by atoms with Gasteiger partial charge in [0.1, 0.15) is 10.8 Å². The zero-order valence-electron chi connectivity index (χ0n) is 20.8. The lowest BCUT2D eigenvalue weighted by Crippen LogP contribution is -2.31. The predicted molar refractivity (Wildman–Crippen MR) is 144 cm³/mol. The summed E-state index contributed by atoms with van der Waals surface area (Å²) in [5, 5.41) is 12.5. The minimum Gasteiger partial charge on any atom is -0.313 e. The summed E-state index contributed by atoms with van der Waals surface area (Å²) in [6.07, 6.45) is 1.43. The number of hydrogen-bond donors (Lipinski definition) is 3. The van der Waals surface area contributed by atoms with E-state index in [4.69, 9.17) is 0 Å². The normalized spacial score (nSPS) is 11.2. The number of hydrogen-bond acceptors (Lipinski definition) is 6. The van der Waals surface area contributed by atoms with Gasteiger partial charge in [-0.15, -0.1) is 11.3 Å². The van der Waals surface area contributed by atoms with Crippen LogP contribution in [0.5, 0.6) is 0 Å². The van der Waals surface area contributed by atoms with Crippen molar-refractivity contribution >= 4 is 34.4 Å². The number of carbonyl (C=O) groups is 2. The molecule has 3 N–H and O–H groups in total. The van der Waals surface area contributed by atoms with Crippen LogP contribution in [-0.2, 0) is 6.54 Å². The molecule has 7 nitrogen and oxygen atoms in total. The van der Waals surface area contributed by atoms with Gasteiger partial charge in [-0.25, -0.2) is 9.82 Å². The summed E-state index contributed by atoms with van der Waals surface area (Å²) in [5.74, 6) is -1.07. The second-order valence-electron chi connectivity index (χ2n) is 8.23. The summed E-state index contributed by atoms with van der Waals surface area (Å²) in [6.45, 7) is 10.7. The van der Waals surface area contributed by atoms with E-state index < -0.39 is 5.91 Å². The molecule has 2 aromatic carbocycles. The molecule has 0 atom stereocenters. The van der Waals surface area contributed by atoms with E-state index in [1.54, 1.807) is 25.1 Å². The highest BCUT2D eigenvalue weighted by Gasteiger charge is 2.19. The van der Waals surface area contributed by atoms with Crippen LogP contribution < -0.4 is 16.1 Å². The lowest BCUT2D eigenvalue weighted by atomic mass is 10.1. The molecule has 0 radical (unpaired) electrons. The molecular formula is C27H32FN5O2S. The summed E-state index contributed by atoms with van der Waals surface area (Å²) < 4.78 is 13.0. The number of nitrogens with zero attached hydrogens (tertiary/aromatic N) is 2. The van der Waals surface area contributed by atoms with Gasteiger partial charge in [0.25, 0.3) is 11.8 Å². The highest BCUT2D eigenvalue weighted by Crippen LogP contribution is 2.28. The van der Waals surface area contributed by atoms with E-state index in [2.05, 4.69) is 39.9 Å². The minimum absolute atomic E-state index is 0.286. The van der Waals surface area contributed by atoms with Crippen molar-refractivity contribution in [3.63, 3.8) is 0 Å². The van der Waals surface area contributed by atoms with E-state index in [0.29, 0.717) is 28.2 Å². The first-order valence-electron chi connectivity index (χ1n) is 11.9. The molecule has 0 saturated carbocycles. The topological polar surface area (TPSA) is 85.8 Å². The van der Waals surface area contributed by atoms with Gasteiger partial charge >= 0.3 is 0 Å². The van der Waals surface area contributed by atoms with Crippen LogP contribution in [0.4, 0.5) is 9.39 Å². The Bertz CT molecular complexity index is 1190. The van der Waals surface area contributed by atoms with Crippen molar-refractivity contribution < 1.29 is 14.0 Å². The van der Waals surface area contributed by atoms with Gasteiger partial charge < -0.3 is 15.5 Å². The molecule has 36 heavy (non-hydrogen) atoms. The van der Waals surface area contributed by atoms with Gasteiger partial charge in [-0.1, -0.05) is 38.1 Å². The fraction of sp³-hybridized carbons (Fsp3) is 0.296. The maximum absolute atomic E-state index is 13.0. The van der Waals surface area contributed by atoms with Gasteiger partial charge in [0, 0.05) is 25.2 Å². The maximum atomic E-state index is 13.0. The van der Waals surface area contributed by atoms with Gasteiger partial charge in [-0.05, 0) is 66.3 Å². The monoisotopic (exact) mass is 509 g/mol. The number of thiophene rings is 1. The maximum Gasteiger partial charge on any atom is 0.274 e. The zero-order chi connectivity index (χ0) is 25.9. The Labute approximate surface area is 215 Å². The smallest absolute Gasteiger partial charge is 0.274 e. The summed E-state index contributed by atoms with van der Waals surface area (Å²) in [4.78, 5) is 28.1. The Kier molecular flexibility index (Phi) is 10.3. The summed E-state index contributed by atoms with van der Waals surface area (Å²) in [6, 6.07) is 13.2. The Morgan fingerprint density at radius 1 is 1.08 bits per heavy atom. The van der Waals surface area contributed by atoms with Crippen LogP contribution in [0, 0.1) is 12.7 Å². The predicted octanol–water partition coefficient (Wildman–Crippen LogP) is 4.64. The highest BCUT2D eigenvalue weighted by atomic mass is 32.1. The molecule has 3 aromatic rings. The Balaban J connectivity index is 1.60. The van der Waals surface area contributed by atoms with Crippen LogP contribution in [0.3, 0.4) is 0 Å². The molecule has 0 aliphatic rings. The van der Waals surface area contributed by atoms with Gasteiger partial charge in [-0.3, -0.25) is 9.59 Å². The second kappa shape index (κ2) is 13.6. The average Bonchev–Trinajstić information content (AvgIpc) is 3.25. The number of halogens is 1. The molecule has 1 heterocycles. The number of likely N-dealkylation sites (N-methyl/N-ethyl adjacent to an activating group) is 1. The van der Waals surface area contributed by atoms with Crippen molar-refractivity contribution in [2.24, 2.45) is 5.10 Å².